The summed E-state index contributed by atoms with van der Waals surface area (Å²) in [6.45, 7) is 6.33. The van der Waals surface area contributed by atoms with Crippen LogP contribution in [-0.2, 0) is 25.6 Å². The zero-order chi connectivity index (χ0) is 31.1. The van der Waals surface area contributed by atoms with Crippen LogP contribution >= 0.6 is 11.6 Å². The number of aryl methyl sites for hydroxylation is 1. The molecule has 44 heavy (non-hydrogen) atoms. The molecule has 10 nitrogen and oxygen atoms in total. The van der Waals surface area contributed by atoms with Crippen LogP contribution in [0.3, 0.4) is 0 Å². The van der Waals surface area contributed by atoms with Gasteiger partial charge >= 0.3 is 5.97 Å². The number of rotatable bonds is 11. The molecule has 226 valence electrons. The molecular formula is C33H33ClN6O4. The van der Waals surface area contributed by atoms with E-state index < -0.39 is 17.8 Å². The predicted octanol–water partition coefficient (Wildman–Crippen LogP) is 5.65. The lowest BCUT2D eigenvalue weighted by molar-refractivity contribution is -0.139. The van der Waals surface area contributed by atoms with Crippen molar-refractivity contribution in [1.82, 2.24) is 19.7 Å². The van der Waals surface area contributed by atoms with E-state index in [2.05, 4.69) is 20.5 Å². The molecule has 0 saturated carbocycles. The summed E-state index contributed by atoms with van der Waals surface area (Å²) in [5, 5.41) is 11.9. The lowest BCUT2D eigenvalue weighted by Gasteiger charge is -2.33. The summed E-state index contributed by atoms with van der Waals surface area (Å²) in [5.74, 6) is -0.688. The first kappa shape index (κ1) is 30.8. The van der Waals surface area contributed by atoms with E-state index in [9.17, 15) is 9.59 Å². The Balaban J connectivity index is 1.45. The van der Waals surface area contributed by atoms with Crippen molar-refractivity contribution in [3.8, 4) is 11.4 Å². The Morgan fingerprint density at radius 3 is 2.45 bits per heavy atom. The molecule has 11 heteroatoms. The average molecular weight is 613 g/mol. The van der Waals surface area contributed by atoms with Gasteiger partial charge in [0.1, 0.15) is 11.6 Å². The van der Waals surface area contributed by atoms with Crippen molar-refractivity contribution in [2.75, 3.05) is 25.1 Å². The maximum atomic E-state index is 13.8. The van der Waals surface area contributed by atoms with Gasteiger partial charge in [-0.25, -0.2) is 9.78 Å². The van der Waals surface area contributed by atoms with Gasteiger partial charge in [-0.1, -0.05) is 66.2 Å². The Kier molecular flexibility index (Phi) is 9.93. The van der Waals surface area contributed by atoms with Crippen molar-refractivity contribution in [1.29, 1.82) is 0 Å². The molecule has 2 unspecified atom stereocenters. The van der Waals surface area contributed by atoms with Gasteiger partial charge in [0.25, 0.3) is 0 Å². The monoisotopic (exact) mass is 612 g/mol. The third-order valence-corrected chi connectivity index (χ3v) is 7.66. The summed E-state index contributed by atoms with van der Waals surface area (Å²) >= 11 is 6.69. The van der Waals surface area contributed by atoms with Crippen molar-refractivity contribution in [3.63, 3.8) is 0 Å². The minimum absolute atomic E-state index is 0.0167. The number of benzene rings is 2. The van der Waals surface area contributed by atoms with Gasteiger partial charge in [-0.2, -0.15) is 0 Å². The number of esters is 1. The van der Waals surface area contributed by atoms with E-state index >= 15 is 0 Å². The van der Waals surface area contributed by atoms with E-state index in [0.29, 0.717) is 41.0 Å². The van der Waals surface area contributed by atoms with E-state index in [1.807, 2.05) is 54.0 Å². The smallest absolute Gasteiger partial charge is 0.336 e. The number of ether oxygens (including phenoxy) is 2. The van der Waals surface area contributed by atoms with E-state index in [1.165, 1.54) is 0 Å². The van der Waals surface area contributed by atoms with Crippen LogP contribution in [0.4, 0.5) is 5.82 Å². The van der Waals surface area contributed by atoms with Gasteiger partial charge in [0.15, 0.2) is 5.82 Å². The Hall–Kier alpha value is -4.67. The number of carbonyl (C=O) groups is 2. The van der Waals surface area contributed by atoms with Crippen molar-refractivity contribution >= 4 is 35.0 Å². The highest BCUT2D eigenvalue weighted by Crippen LogP contribution is 2.42. The molecule has 3 heterocycles. The van der Waals surface area contributed by atoms with Crippen LogP contribution in [0.25, 0.3) is 11.4 Å². The molecule has 2 atom stereocenters. The summed E-state index contributed by atoms with van der Waals surface area (Å²) < 4.78 is 13.6. The predicted molar refractivity (Wildman–Crippen MR) is 168 cm³/mol. The molecule has 0 bridgehead atoms. The lowest BCUT2D eigenvalue weighted by Crippen LogP contribution is -2.39. The normalized spacial score (nSPS) is 16.4. The Morgan fingerprint density at radius 2 is 1.73 bits per heavy atom. The van der Waals surface area contributed by atoms with E-state index in [4.69, 9.17) is 26.1 Å². The third-order valence-electron chi connectivity index (χ3n) is 7.32. The van der Waals surface area contributed by atoms with Gasteiger partial charge in [-0.15, -0.1) is 10.2 Å². The van der Waals surface area contributed by atoms with Crippen LogP contribution < -0.4 is 5.32 Å². The van der Waals surface area contributed by atoms with Gasteiger partial charge in [0, 0.05) is 35.0 Å². The highest BCUT2D eigenvalue weighted by molar-refractivity contribution is 6.31. The molecule has 1 amide bonds. The number of halogens is 1. The van der Waals surface area contributed by atoms with Crippen LogP contribution in [0, 0.1) is 12.8 Å². The topological polar surface area (TPSA) is 121 Å². The fourth-order valence-electron chi connectivity index (χ4n) is 5.31. The minimum atomic E-state index is -0.854. The second-order valence-electron chi connectivity index (χ2n) is 10.2. The van der Waals surface area contributed by atoms with Crippen molar-refractivity contribution < 1.29 is 19.1 Å². The van der Waals surface area contributed by atoms with Crippen molar-refractivity contribution in [2.24, 2.45) is 10.9 Å². The minimum Gasteiger partial charge on any atom is -0.463 e. The Labute approximate surface area is 260 Å². The number of nitrogens with zero attached hydrogens (tertiary/aromatic N) is 5. The zero-order valence-corrected chi connectivity index (χ0v) is 25.5. The molecule has 5 rings (SSSR count). The third kappa shape index (κ3) is 6.77. The van der Waals surface area contributed by atoms with E-state index in [1.54, 1.807) is 50.4 Å². The van der Waals surface area contributed by atoms with Crippen LogP contribution in [0.2, 0.25) is 5.02 Å². The number of hydrogen-bond donors (Lipinski definition) is 1. The quantitative estimate of drug-likeness (QED) is 0.172. The SMILES string of the molecule is CCOC(=O)C1=C(COCCn2c(C)nnc2-c2ccccc2)N=C(C)C(C(=O)Nc2ccccn2)C1c1ccccc1Cl. The van der Waals surface area contributed by atoms with Gasteiger partial charge in [-0.3, -0.25) is 9.79 Å². The molecule has 0 saturated heterocycles. The number of pyridine rings is 1. The van der Waals surface area contributed by atoms with Crippen LogP contribution in [0.5, 0.6) is 0 Å². The number of aromatic nitrogens is 4. The molecule has 1 aliphatic rings. The first-order chi connectivity index (χ1) is 21.4. The Morgan fingerprint density at radius 1 is 0.977 bits per heavy atom. The fraction of sp³-hybridized carbons (Fsp3) is 0.273. The van der Waals surface area contributed by atoms with Gasteiger partial charge in [0.05, 0.1) is 37.0 Å². The van der Waals surface area contributed by atoms with E-state index in [0.717, 1.165) is 17.2 Å². The number of carbonyl (C=O) groups excluding carboxylic acids is 2. The first-order valence-electron chi connectivity index (χ1n) is 14.3. The summed E-state index contributed by atoms with van der Waals surface area (Å²) in [4.78, 5) is 36.3. The van der Waals surface area contributed by atoms with Crippen LogP contribution in [0.1, 0.15) is 31.2 Å². The molecule has 1 aliphatic heterocycles. The molecule has 2 aromatic carbocycles. The summed E-state index contributed by atoms with van der Waals surface area (Å²) in [6.07, 6.45) is 1.59. The largest absolute Gasteiger partial charge is 0.463 e. The molecular weight excluding hydrogens is 580 g/mol. The van der Waals surface area contributed by atoms with Crippen molar-refractivity contribution in [3.05, 3.63) is 107 Å². The maximum Gasteiger partial charge on any atom is 0.336 e. The lowest BCUT2D eigenvalue weighted by atomic mass is 9.75. The van der Waals surface area contributed by atoms with Crippen LogP contribution in [0.15, 0.2) is 95.3 Å². The number of nitrogens with one attached hydrogen (secondary N) is 1. The maximum absolute atomic E-state index is 13.8. The molecule has 0 radical (unpaired) electrons. The number of amides is 1. The standard InChI is InChI=1S/C33H33ClN6O4/c1-4-44-33(42)30-26(20-43-19-18-40-22(3)38-39-31(40)23-12-6-5-7-13-23)36-21(2)28(29(30)24-14-8-9-15-25(24)34)32(41)37-27-16-10-11-17-35-27/h5-17,28-29H,4,18-20H2,1-3H3,(H,35,37,41). The van der Waals surface area contributed by atoms with Gasteiger partial charge in [0.2, 0.25) is 5.91 Å². The number of anilines is 1. The molecule has 0 fully saturated rings. The highest BCUT2D eigenvalue weighted by Gasteiger charge is 2.43. The molecule has 0 spiro atoms. The molecule has 2 aromatic heterocycles. The second kappa shape index (κ2) is 14.2. The Bertz CT molecular complexity index is 1690. The molecule has 4 aromatic rings. The van der Waals surface area contributed by atoms with Crippen LogP contribution in [-0.4, -0.2) is 57.2 Å². The van der Waals surface area contributed by atoms with E-state index in [-0.39, 0.29) is 24.7 Å². The zero-order valence-electron chi connectivity index (χ0n) is 24.7. The number of aliphatic imine (C=N–C) groups is 1. The number of hydrogen-bond acceptors (Lipinski definition) is 8. The molecule has 0 aliphatic carbocycles. The van der Waals surface area contributed by atoms with Crippen molar-refractivity contribution in [2.45, 2.75) is 33.2 Å². The van der Waals surface area contributed by atoms with Gasteiger partial charge < -0.3 is 19.4 Å². The average Bonchev–Trinajstić information content (AvgIpc) is 3.40. The summed E-state index contributed by atoms with van der Waals surface area (Å²) in [5.41, 5.74) is 2.69. The van der Waals surface area contributed by atoms with Gasteiger partial charge in [-0.05, 0) is 44.5 Å². The highest BCUT2D eigenvalue weighted by atomic mass is 35.5. The molecule has 1 N–H and O–H groups in total. The second-order valence-corrected chi connectivity index (χ2v) is 10.6. The summed E-state index contributed by atoms with van der Waals surface area (Å²) in [6, 6.07) is 22.2. The fourth-order valence-corrected chi connectivity index (χ4v) is 5.57. The first-order valence-corrected chi connectivity index (χ1v) is 14.7. The summed E-state index contributed by atoms with van der Waals surface area (Å²) in [7, 11) is 0.